The number of methoxy groups -OCH3 is 2. The lowest BCUT2D eigenvalue weighted by Crippen LogP contribution is -2.53. The van der Waals surface area contributed by atoms with Crippen LogP contribution in [0.5, 0.6) is 0 Å². The van der Waals surface area contributed by atoms with Crippen LogP contribution in [0.2, 0.25) is 10.0 Å². The smallest absolute Gasteiger partial charge is 0.338 e. The number of hydrogen-bond donors (Lipinski definition) is 2. The lowest BCUT2D eigenvalue weighted by atomic mass is 9.95. The highest BCUT2D eigenvalue weighted by atomic mass is 35.5. The summed E-state index contributed by atoms with van der Waals surface area (Å²) in [4.78, 5) is 101. The number of carbonyl (C=O) groups is 6. The number of aliphatic imine (C=N–C) groups is 2. The molecule has 6 heterocycles. The monoisotopic (exact) mass is 1070 g/mol. The van der Waals surface area contributed by atoms with Gasteiger partial charge in [0.1, 0.15) is 35.8 Å². The van der Waals surface area contributed by atoms with E-state index in [1.165, 1.54) is 61.2 Å². The fourth-order valence-corrected chi connectivity index (χ4v) is 9.69. The summed E-state index contributed by atoms with van der Waals surface area (Å²) in [5.74, 6) is -7.02. The van der Waals surface area contributed by atoms with Crippen LogP contribution in [0, 0.1) is 11.6 Å². The second-order valence-electron chi connectivity index (χ2n) is 15.7. The summed E-state index contributed by atoms with van der Waals surface area (Å²) in [5.41, 5.74) is 1.05. The van der Waals surface area contributed by atoms with E-state index in [2.05, 4.69) is 20.6 Å². The Kier molecular flexibility index (Phi) is 16.7. The molecule has 0 aliphatic carbocycles. The molecule has 0 spiro atoms. The van der Waals surface area contributed by atoms with Crippen molar-refractivity contribution in [3.63, 3.8) is 0 Å². The minimum atomic E-state index is -1.29. The molecule has 0 radical (unpaired) electrons. The number of esters is 6. The van der Waals surface area contributed by atoms with Gasteiger partial charge in [-0.3, -0.25) is 19.8 Å². The Balaban J connectivity index is 0.949. The lowest BCUT2D eigenvalue weighted by Gasteiger charge is -2.36. The Morgan fingerprint density at radius 1 is 0.694 bits per heavy atom. The molecule has 8 rings (SSSR count). The van der Waals surface area contributed by atoms with Gasteiger partial charge in [-0.25, -0.2) is 47.5 Å². The zero-order valence-electron chi connectivity index (χ0n) is 37.8. The van der Waals surface area contributed by atoms with Crippen molar-refractivity contribution >= 4 is 93.4 Å². The van der Waals surface area contributed by atoms with Gasteiger partial charge in [0.2, 0.25) is 0 Å². The first-order valence-corrected chi connectivity index (χ1v) is 24.1. The summed E-state index contributed by atoms with van der Waals surface area (Å²) in [6.45, 7) is -0.225. The molecule has 4 aromatic rings. The molecule has 2 aromatic heterocycles. The van der Waals surface area contributed by atoms with E-state index in [0.29, 0.717) is 22.2 Å². The molecule has 20 nitrogen and oxygen atoms in total. The largest absolute Gasteiger partial charge is 0.466 e. The van der Waals surface area contributed by atoms with Gasteiger partial charge >= 0.3 is 35.8 Å². The molecule has 376 valence electrons. The fourth-order valence-electron chi connectivity index (χ4n) is 7.97. The van der Waals surface area contributed by atoms with E-state index in [1.807, 2.05) is 0 Å². The van der Waals surface area contributed by atoms with Crippen molar-refractivity contribution in [3.05, 3.63) is 137 Å². The quantitative estimate of drug-likeness (QED) is 0.0785. The number of rotatable bonds is 14. The van der Waals surface area contributed by atoms with E-state index in [4.69, 9.17) is 61.6 Å². The van der Waals surface area contributed by atoms with Crippen LogP contribution in [0.4, 0.5) is 8.78 Å². The second kappa shape index (κ2) is 23.3. The number of ether oxygens (including phenoxy) is 6. The lowest BCUT2D eigenvalue weighted by molar-refractivity contribution is -0.167. The summed E-state index contributed by atoms with van der Waals surface area (Å²) in [5, 5.41) is 10.6. The maximum absolute atomic E-state index is 14.2. The van der Waals surface area contributed by atoms with Crippen molar-refractivity contribution in [3.8, 4) is 0 Å². The first-order chi connectivity index (χ1) is 34.7. The average molecular weight is 1070 g/mol. The topological polar surface area (TPSA) is 239 Å². The number of amidine groups is 2. The van der Waals surface area contributed by atoms with Gasteiger partial charge in [0.25, 0.3) is 0 Å². The number of halogens is 4. The Labute approximate surface area is 425 Å². The van der Waals surface area contributed by atoms with Crippen LogP contribution in [-0.2, 0) is 57.2 Å². The van der Waals surface area contributed by atoms with Crippen molar-refractivity contribution in [2.45, 2.75) is 24.2 Å². The predicted octanol–water partition coefficient (Wildman–Crippen LogP) is 4.02. The van der Waals surface area contributed by atoms with Crippen molar-refractivity contribution in [2.75, 3.05) is 66.8 Å². The molecular weight excluding hydrogens is 1030 g/mol. The van der Waals surface area contributed by atoms with Crippen LogP contribution >= 0.6 is 45.9 Å². The molecule has 2 saturated heterocycles. The highest BCUT2D eigenvalue weighted by Crippen LogP contribution is 2.39. The zero-order chi connectivity index (χ0) is 51.1. The summed E-state index contributed by atoms with van der Waals surface area (Å²) in [7, 11) is 2.35. The molecule has 4 aliphatic rings. The van der Waals surface area contributed by atoms with E-state index in [1.54, 1.807) is 33.0 Å². The summed E-state index contributed by atoms with van der Waals surface area (Å²) >= 11 is 15.5. The maximum atomic E-state index is 14.2. The normalized spacial score (nSPS) is 20.8. The standard InChI is InChI=1S/C46H40Cl2F2N8O12S2/c1-65-45(63)35-29(53-39(41-51-9-15-71-41)55-37(35)25-5-3-23(49)17-27(25)47)19-57-11-13-67-21-31(57)43(61)69-33(59)7-8-34(60)70-44(62)32-22-68-14-12-58(32)20-30-36(46(64)66-2)38(26-6-4-24(50)18-28(26)48)56-40(54-30)42-52-10-16-72-42/h3-10,15-18,31-32,37-38H,11-14,19-22H2,1-2H3,(H,53,55)(H,54,56)/b8-7-/t31-,32-,37-,38-/m0/s1. The van der Waals surface area contributed by atoms with E-state index in [0.717, 1.165) is 12.1 Å². The highest BCUT2D eigenvalue weighted by molar-refractivity contribution is 7.12. The van der Waals surface area contributed by atoms with Crippen LogP contribution < -0.4 is 10.6 Å². The van der Waals surface area contributed by atoms with Gasteiger partial charge in [0, 0.05) is 94.1 Å². The summed E-state index contributed by atoms with van der Waals surface area (Å²) in [6, 6.07) is 2.69. The molecule has 4 atom stereocenters. The average Bonchev–Trinajstić information content (AvgIpc) is 4.12. The Morgan fingerprint density at radius 3 is 1.47 bits per heavy atom. The van der Waals surface area contributed by atoms with E-state index in [9.17, 15) is 37.5 Å². The molecule has 2 aromatic carbocycles. The van der Waals surface area contributed by atoms with Crippen LogP contribution in [0.1, 0.15) is 33.2 Å². The number of morpholine rings is 2. The van der Waals surface area contributed by atoms with Gasteiger partial charge in [-0.15, -0.1) is 22.7 Å². The molecule has 0 bridgehead atoms. The molecule has 2 fully saturated rings. The highest BCUT2D eigenvalue weighted by Gasteiger charge is 2.40. The summed E-state index contributed by atoms with van der Waals surface area (Å²) in [6.07, 6.45) is 4.31. The minimum absolute atomic E-state index is 0.00439. The van der Waals surface area contributed by atoms with E-state index in [-0.39, 0.29) is 108 Å². The third-order valence-corrected chi connectivity index (χ3v) is 13.6. The molecule has 26 heteroatoms. The van der Waals surface area contributed by atoms with Crippen LogP contribution in [0.15, 0.2) is 104 Å². The van der Waals surface area contributed by atoms with Crippen molar-refractivity contribution < 1.29 is 66.0 Å². The number of hydrogen-bond acceptors (Lipinski definition) is 22. The van der Waals surface area contributed by atoms with Crippen molar-refractivity contribution in [1.82, 2.24) is 30.4 Å². The number of aromatic nitrogens is 2. The van der Waals surface area contributed by atoms with Crippen LogP contribution in [0.25, 0.3) is 0 Å². The SMILES string of the molecule is COC(=O)C1=C(CN2CCOC[C@H]2C(=O)OC(=O)/C=C\C(=O)OC(=O)[C@@H]2COCCN2CC2=C(C(=O)OC)[C@H](c3ccc(F)cc3Cl)N=C(c3nccs3)N2)NC(c2nccs2)=N[C@H]1c1ccc(F)cc1Cl. The Hall–Kier alpha value is -6.64. The van der Waals surface area contributed by atoms with Crippen LogP contribution in [0.3, 0.4) is 0 Å². The van der Waals surface area contributed by atoms with E-state index < -0.39 is 71.6 Å². The number of thiazole rings is 2. The second-order valence-corrected chi connectivity index (χ2v) is 18.3. The first-order valence-electron chi connectivity index (χ1n) is 21.6. The molecule has 0 saturated carbocycles. The van der Waals surface area contributed by atoms with Gasteiger partial charge in [-0.1, -0.05) is 35.3 Å². The van der Waals surface area contributed by atoms with Gasteiger partial charge < -0.3 is 39.1 Å². The zero-order valence-corrected chi connectivity index (χ0v) is 40.9. The predicted molar refractivity (Wildman–Crippen MR) is 254 cm³/mol. The first kappa shape index (κ1) is 51.7. The van der Waals surface area contributed by atoms with E-state index >= 15 is 0 Å². The third kappa shape index (κ3) is 11.8. The maximum Gasteiger partial charge on any atom is 0.338 e. The molecular formula is C46H40Cl2F2N8O12S2. The number of nitrogens with one attached hydrogen (secondary N) is 2. The molecule has 2 N–H and O–H groups in total. The number of benzene rings is 2. The van der Waals surface area contributed by atoms with Crippen LogP contribution in [-0.4, -0.2) is 146 Å². The fraction of sp³-hybridized carbons (Fsp3) is 0.304. The minimum Gasteiger partial charge on any atom is -0.466 e. The van der Waals surface area contributed by atoms with Gasteiger partial charge in [0.05, 0.1) is 51.8 Å². The molecule has 72 heavy (non-hydrogen) atoms. The summed E-state index contributed by atoms with van der Waals surface area (Å²) < 4.78 is 59.9. The van der Waals surface area contributed by atoms with Gasteiger partial charge in [0.15, 0.2) is 21.7 Å². The van der Waals surface area contributed by atoms with Crippen molar-refractivity contribution in [1.29, 1.82) is 0 Å². The Bertz CT molecular complexity index is 2740. The molecule has 4 aliphatic heterocycles. The number of nitrogens with zero attached hydrogens (tertiary/aromatic N) is 6. The van der Waals surface area contributed by atoms with Gasteiger partial charge in [-0.05, 0) is 24.3 Å². The molecule has 0 unspecified atom stereocenters. The van der Waals surface area contributed by atoms with Crippen molar-refractivity contribution in [2.24, 2.45) is 9.98 Å². The van der Waals surface area contributed by atoms with Gasteiger partial charge in [-0.2, -0.15) is 0 Å². The Morgan fingerprint density at radius 2 is 1.11 bits per heavy atom. The number of carbonyl (C=O) groups excluding carboxylic acids is 6. The molecule has 0 amide bonds. The third-order valence-electron chi connectivity index (χ3n) is 11.3.